The molecule has 0 radical (unpaired) electrons. The van der Waals surface area contributed by atoms with Crippen LogP contribution in [0.2, 0.25) is 0 Å². The molecule has 0 unspecified atom stereocenters. The first-order chi connectivity index (χ1) is 8.85. The maximum Gasteiger partial charge on any atom is 0.407 e. The molecule has 0 saturated heterocycles. The van der Waals surface area contributed by atoms with Crippen molar-refractivity contribution in [1.82, 2.24) is 5.32 Å². The zero-order valence-corrected chi connectivity index (χ0v) is 12.4. The van der Waals surface area contributed by atoms with Gasteiger partial charge in [-0.2, -0.15) is 5.26 Å². The van der Waals surface area contributed by atoms with E-state index < -0.39 is 11.7 Å². The number of nitrogens with one attached hydrogen (secondary N) is 1. The van der Waals surface area contributed by atoms with Crippen molar-refractivity contribution in [3.05, 3.63) is 29.3 Å². The molecule has 0 saturated carbocycles. The number of hydrogen-bond acceptors (Lipinski definition) is 4. The summed E-state index contributed by atoms with van der Waals surface area (Å²) in [5, 5.41) is 11.7. The van der Waals surface area contributed by atoms with Crippen LogP contribution in [0.5, 0.6) is 0 Å². The molecule has 0 aliphatic rings. The van der Waals surface area contributed by atoms with Gasteiger partial charge in [-0.05, 0) is 44.7 Å². The van der Waals surface area contributed by atoms with Crippen LogP contribution in [0.25, 0.3) is 0 Å². The normalized spacial score (nSPS) is 10.7. The fourth-order valence-electron chi connectivity index (χ4n) is 1.44. The lowest BCUT2D eigenvalue weighted by Crippen LogP contribution is -2.32. The largest absolute Gasteiger partial charge is 0.444 e. The predicted octanol–water partition coefficient (Wildman–Crippen LogP) is 3.30. The lowest BCUT2D eigenvalue weighted by Gasteiger charge is -2.19. The van der Waals surface area contributed by atoms with E-state index in [1.54, 1.807) is 6.07 Å². The summed E-state index contributed by atoms with van der Waals surface area (Å²) in [5.41, 5.74) is 0.987. The van der Waals surface area contributed by atoms with Crippen molar-refractivity contribution in [3.63, 3.8) is 0 Å². The quantitative estimate of drug-likeness (QED) is 0.862. The number of ether oxygens (including phenoxy) is 1. The summed E-state index contributed by atoms with van der Waals surface area (Å²) in [4.78, 5) is 12.4. The number of carbonyl (C=O) groups is 1. The minimum absolute atomic E-state index is 0.345. The Bertz CT molecular complexity index is 501. The van der Waals surface area contributed by atoms with Gasteiger partial charge in [0.1, 0.15) is 11.7 Å². The van der Waals surface area contributed by atoms with E-state index in [0.717, 1.165) is 10.5 Å². The Labute approximate surface area is 118 Å². The predicted molar refractivity (Wildman–Crippen MR) is 76.0 cm³/mol. The van der Waals surface area contributed by atoms with E-state index in [4.69, 9.17) is 10.00 Å². The van der Waals surface area contributed by atoms with Crippen molar-refractivity contribution in [3.8, 4) is 6.07 Å². The molecular formula is C14H18N2O2S. The van der Waals surface area contributed by atoms with Gasteiger partial charge in [0.25, 0.3) is 0 Å². The molecule has 5 heteroatoms. The summed E-state index contributed by atoms with van der Waals surface area (Å²) in [6, 6.07) is 7.71. The fraction of sp³-hybridized carbons (Fsp3) is 0.429. The number of amides is 1. The third-order valence-corrected chi connectivity index (χ3v) is 3.02. The van der Waals surface area contributed by atoms with Gasteiger partial charge < -0.3 is 10.1 Å². The van der Waals surface area contributed by atoms with Crippen molar-refractivity contribution >= 4 is 17.9 Å². The SMILES string of the molecule is CSc1ccc(CNC(=O)OC(C)(C)C)cc1C#N. The van der Waals surface area contributed by atoms with Crippen LogP contribution in [0, 0.1) is 11.3 Å². The minimum atomic E-state index is -0.509. The number of rotatable bonds is 3. The third kappa shape index (κ3) is 5.23. The van der Waals surface area contributed by atoms with E-state index in [1.807, 2.05) is 39.2 Å². The molecule has 0 aliphatic carbocycles. The highest BCUT2D eigenvalue weighted by Crippen LogP contribution is 2.20. The van der Waals surface area contributed by atoms with E-state index in [-0.39, 0.29) is 0 Å². The van der Waals surface area contributed by atoms with Crippen LogP contribution in [0.4, 0.5) is 4.79 Å². The van der Waals surface area contributed by atoms with Crippen LogP contribution in [-0.4, -0.2) is 18.0 Å². The second-order valence-electron chi connectivity index (χ2n) is 5.00. The van der Waals surface area contributed by atoms with Gasteiger partial charge in [-0.15, -0.1) is 11.8 Å². The van der Waals surface area contributed by atoms with Crippen molar-refractivity contribution < 1.29 is 9.53 Å². The number of thioether (sulfide) groups is 1. The van der Waals surface area contributed by atoms with Crippen LogP contribution in [0.15, 0.2) is 23.1 Å². The molecule has 4 nitrogen and oxygen atoms in total. The van der Waals surface area contributed by atoms with Crippen LogP contribution in [0.3, 0.4) is 0 Å². The van der Waals surface area contributed by atoms with Gasteiger partial charge in [0, 0.05) is 11.4 Å². The minimum Gasteiger partial charge on any atom is -0.444 e. The van der Waals surface area contributed by atoms with Crippen molar-refractivity contribution in [2.24, 2.45) is 0 Å². The zero-order valence-electron chi connectivity index (χ0n) is 11.6. The number of nitrogens with zero attached hydrogens (tertiary/aromatic N) is 1. The lowest BCUT2D eigenvalue weighted by atomic mass is 10.1. The smallest absolute Gasteiger partial charge is 0.407 e. The molecule has 0 spiro atoms. The summed E-state index contributed by atoms with van der Waals surface area (Å²) < 4.78 is 5.14. The van der Waals surface area contributed by atoms with Gasteiger partial charge in [0.15, 0.2) is 0 Å². The number of nitriles is 1. The van der Waals surface area contributed by atoms with Crippen LogP contribution < -0.4 is 5.32 Å². The van der Waals surface area contributed by atoms with Gasteiger partial charge in [-0.25, -0.2) is 4.79 Å². The molecule has 1 aromatic carbocycles. The highest BCUT2D eigenvalue weighted by molar-refractivity contribution is 7.98. The van der Waals surface area contributed by atoms with Gasteiger partial charge in [0.05, 0.1) is 5.56 Å². The van der Waals surface area contributed by atoms with Crippen LogP contribution >= 0.6 is 11.8 Å². The lowest BCUT2D eigenvalue weighted by molar-refractivity contribution is 0.0523. The Morgan fingerprint density at radius 2 is 2.16 bits per heavy atom. The summed E-state index contributed by atoms with van der Waals surface area (Å²) in [6.07, 6.45) is 1.47. The van der Waals surface area contributed by atoms with Crippen LogP contribution in [0.1, 0.15) is 31.9 Å². The summed E-state index contributed by atoms with van der Waals surface area (Å²) in [7, 11) is 0. The number of alkyl carbamates (subject to hydrolysis) is 1. The molecule has 0 bridgehead atoms. The van der Waals surface area contributed by atoms with Crippen molar-refractivity contribution in [2.75, 3.05) is 6.26 Å². The highest BCUT2D eigenvalue weighted by atomic mass is 32.2. The number of carbonyl (C=O) groups excluding carboxylic acids is 1. The molecule has 1 amide bonds. The molecule has 19 heavy (non-hydrogen) atoms. The third-order valence-electron chi connectivity index (χ3n) is 2.22. The van der Waals surface area contributed by atoms with Crippen molar-refractivity contribution in [2.45, 2.75) is 37.8 Å². The topological polar surface area (TPSA) is 62.1 Å². The molecule has 1 N–H and O–H groups in total. The highest BCUT2D eigenvalue weighted by Gasteiger charge is 2.15. The molecular weight excluding hydrogens is 260 g/mol. The molecule has 102 valence electrons. The van der Waals surface area contributed by atoms with E-state index in [9.17, 15) is 4.79 Å². The Kier molecular flexibility index (Phi) is 5.25. The maximum atomic E-state index is 11.5. The Balaban J connectivity index is 2.64. The van der Waals surface area contributed by atoms with Gasteiger partial charge in [-0.3, -0.25) is 0 Å². The Morgan fingerprint density at radius 3 is 2.68 bits per heavy atom. The van der Waals surface area contributed by atoms with Crippen LogP contribution in [-0.2, 0) is 11.3 Å². The first-order valence-corrected chi connectivity index (χ1v) is 7.12. The zero-order chi connectivity index (χ0) is 14.5. The summed E-state index contributed by atoms with van der Waals surface area (Å²) in [6.45, 7) is 5.78. The molecule has 0 heterocycles. The maximum absolute atomic E-state index is 11.5. The molecule has 0 aromatic heterocycles. The molecule has 0 aliphatic heterocycles. The van der Waals surface area contributed by atoms with E-state index in [1.165, 1.54) is 11.8 Å². The molecule has 1 rings (SSSR count). The fourth-order valence-corrected chi connectivity index (χ4v) is 1.97. The van der Waals surface area contributed by atoms with Gasteiger partial charge >= 0.3 is 6.09 Å². The molecule has 1 aromatic rings. The number of hydrogen-bond donors (Lipinski definition) is 1. The average Bonchev–Trinajstić information content (AvgIpc) is 2.33. The molecule has 0 atom stereocenters. The first-order valence-electron chi connectivity index (χ1n) is 5.89. The van der Waals surface area contributed by atoms with E-state index in [0.29, 0.717) is 12.1 Å². The van der Waals surface area contributed by atoms with Gasteiger partial charge in [-0.1, -0.05) is 6.07 Å². The first kappa shape index (κ1) is 15.4. The molecule has 0 fully saturated rings. The summed E-state index contributed by atoms with van der Waals surface area (Å²) >= 11 is 1.53. The second kappa shape index (κ2) is 6.48. The number of benzene rings is 1. The Morgan fingerprint density at radius 1 is 1.47 bits per heavy atom. The monoisotopic (exact) mass is 278 g/mol. The van der Waals surface area contributed by atoms with Crippen molar-refractivity contribution in [1.29, 1.82) is 5.26 Å². The second-order valence-corrected chi connectivity index (χ2v) is 5.85. The Hall–Kier alpha value is -1.67. The standard InChI is InChI=1S/C14H18N2O2S/c1-14(2,3)18-13(17)16-9-10-5-6-12(19-4)11(7-10)8-15/h5-7H,9H2,1-4H3,(H,16,17). The van der Waals surface area contributed by atoms with Gasteiger partial charge in [0.2, 0.25) is 0 Å². The van der Waals surface area contributed by atoms with E-state index >= 15 is 0 Å². The summed E-state index contributed by atoms with van der Waals surface area (Å²) in [5.74, 6) is 0. The average molecular weight is 278 g/mol. The van der Waals surface area contributed by atoms with E-state index in [2.05, 4.69) is 11.4 Å².